The Labute approximate surface area is 222 Å². The largest absolute Gasteiger partial charge is 0.350 e. The van der Waals surface area contributed by atoms with Crippen LogP contribution in [-0.2, 0) is 0 Å². The Kier molecular flexibility index (Phi) is 7.20. The number of amides is 2. The van der Waals surface area contributed by atoms with Gasteiger partial charge in [-0.1, -0.05) is 6.07 Å². The third kappa shape index (κ3) is 5.22. The van der Waals surface area contributed by atoms with E-state index < -0.39 is 0 Å². The standard InChI is InChI=1S/C27H28BrN5O2S/c1-16(2)30-26(34)17-9-10-22-21(14-17)32-25(20-8-3-4-13-29-20)33(22)19-7-5-6-18(15-19)31-27(35)23-11-12-24(28)36-23/h3-4,8-14,16,18-19H,5-7,15H2,1-2H3,(H,30,34)(H,31,35)/t18-,19+/m0/s1. The van der Waals surface area contributed by atoms with Crippen LogP contribution in [0.15, 0.2) is 58.5 Å². The number of imidazole rings is 1. The molecule has 36 heavy (non-hydrogen) atoms. The molecule has 2 amide bonds. The Hall–Kier alpha value is -3.04. The van der Waals surface area contributed by atoms with Gasteiger partial charge in [-0.05, 0) is 97.9 Å². The van der Waals surface area contributed by atoms with E-state index in [0.29, 0.717) is 10.4 Å². The Morgan fingerprint density at radius 3 is 2.69 bits per heavy atom. The fourth-order valence-corrected chi connectivity index (χ4v) is 6.14. The second-order valence-corrected chi connectivity index (χ2v) is 11.9. The van der Waals surface area contributed by atoms with Crippen LogP contribution in [0.5, 0.6) is 0 Å². The minimum atomic E-state index is -0.110. The van der Waals surface area contributed by atoms with Crippen LogP contribution < -0.4 is 10.6 Å². The normalized spacial score (nSPS) is 17.9. The Bertz CT molecular complexity index is 1400. The lowest BCUT2D eigenvalue weighted by Crippen LogP contribution is -2.38. The molecule has 1 aromatic carbocycles. The number of rotatable bonds is 6. The highest BCUT2D eigenvalue weighted by Gasteiger charge is 2.29. The lowest BCUT2D eigenvalue weighted by atomic mass is 9.90. The highest BCUT2D eigenvalue weighted by atomic mass is 79.9. The molecule has 1 fully saturated rings. The highest BCUT2D eigenvalue weighted by molar-refractivity contribution is 9.11. The minimum Gasteiger partial charge on any atom is -0.350 e. The van der Waals surface area contributed by atoms with Gasteiger partial charge in [-0.25, -0.2) is 4.98 Å². The summed E-state index contributed by atoms with van der Waals surface area (Å²) in [4.78, 5) is 35.7. The zero-order valence-corrected chi connectivity index (χ0v) is 22.6. The van der Waals surface area contributed by atoms with Gasteiger partial charge >= 0.3 is 0 Å². The molecule has 0 unspecified atom stereocenters. The summed E-state index contributed by atoms with van der Waals surface area (Å²) in [6.07, 6.45) is 5.50. The number of carbonyl (C=O) groups excluding carboxylic acids is 2. The maximum Gasteiger partial charge on any atom is 0.261 e. The van der Waals surface area contributed by atoms with Crippen LogP contribution in [0.1, 0.15) is 65.6 Å². The van der Waals surface area contributed by atoms with Gasteiger partial charge in [-0.3, -0.25) is 14.6 Å². The average molecular weight is 567 g/mol. The molecule has 1 saturated carbocycles. The molecule has 3 heterocycles. The van der Waals surface area contributed by atoms with Crippen molar-refractivity contribution in [1.82, 2.24) is 25.2 Å². The average Bonchev–Trinajstić information content (AvgIpc) is 3.47. The van der Waals surface area contributed by atoms with E-state index >= 15 is 0 Å². The highest BCUT2D eigenvalue weighted by Crippen LogP contribution is 2.36. The molecule has 0 bridgehead atoms. The monoisotopic (exact) mass is 565 g/mol. The number of pyridine rings is 1. The van der Waals surface area contributed by atoms with Crippen LogP contribution in [0, 0.1) is 0 Å². The first-order valence-electron chi connectivity index (χ1n) is 12.2. The van der Waals surface area contributed by atoms with Crippen molar-refractivity contribution in [3.63, 3.8) is 0 Å². The van der Waals surface area contributed by atoms with Crippen LogP contribution in [-0.4, -0.2) is 38.4 Å². The maximum absolute atomic E-state index is 12.8. The fraction of sp³-hybridized carbons (Fsp3) is 0.333. The van der Waals surface area contributed by atoms with E-state index in [2.05, 4.69) is 36.1 Å². The molecule has 0 radical (unpaired) electrons. The van der Waals surface area contributed by atoms with Crippen LogP contribution >= 0.6 is 27.3 Å². The van der Waals surface area contributed by atoms with Gasteiger partial charge in [0.15, 0.2) is 5.82 Å². The van der Waals surface area contributed by atoms with E-state index in [1.54, 1.807) is 6.20 Å². The Morgan fingerprint density at radius 2 is 1.97 bits per heavy atom. The number of nitrogens with zero attached hydrogens (tertiary/aromatic N) is 3. The van der Waals surface area contributed by atoms with E-state index in [-0.39, 0.29) is 29.9 Å². The number of hydrogen-bond donors (Lipinski definition) is 2. The maximum atomic E-state index is 12.8. The first-order valence-corrected chi connectivity index (χ1v) is 13.8. The summed E-state index contributed by atoms with van der Waals surface area (Å²) in [6.45, 7) is 3.89. The molecule has 1 aliphatic carbocycles. The van der Waals surface area contributed by atoms with Crippen LogP contribution in [0.4, 0.5) is 0 Å². The van der Waals surface area contributed by atoms with Crippen molar-refractivity contribution in [3.05, 3.63) is 69.0 Å². The predicted octanol–water partition coefficient (Wildman–Crippen LogP) is 5.97. The van der Waals surface area contributed by atoms with Crippen molar-refractivity contribution in [2.45, 2.75) is 57.7 Å². The van der Waals surface area contributed by atoms with Crippen LogP contribution in [0.3, 0.4) is 0 Å². The van der Waals surface area contributed by atoms with Gasteiger partial charge in [0.25, 0.3) is 11.8 Å². The topological polar surface area (TPSA) is 88.9 Å². The number of nitrogens with one attached hydrogen (secondary N) is 2. The summed E-state index contributed by atoms with van der Waals surface area (Å²) < 4.78 is 3.20. The molecule has 3 aromatic heterocycles. The molecule has 0 spiro atoms. The van der Waals surface area contributed by atoms with Gasteiger partial charge in [0.05, 0.1) is 19.7 Å². The number of benzene rings is 1. The summed E-state index contributed by atoms with van der Waals surface area (Å²) in [6, 6.07) is 15.5. The molecule has 0 aliphatic heterocycles. The molecule has 0 saturated heterocycles. The number of thiophene rings is 1. The first-order chi connectivity index (χ1) is 17.4. The lowest BCUT2D eigenvalue weighted by Gasteiger charge is -2.31. The van der Waals surface area contributed by atoms with Gasteiger partial charge in [0.2, 0.25) is 0 Å². The van der Waals surface area contributed by atoms with E-state index in [1.165, 1.54) is 11.3 Å². The summed E-state index contributed by atoms with van der Waals surface area (Å²) in [5, 5.41) is 6.19. The first kappa shape index (κ1) is 24.6. The minimum absolute atomic E-state index is 0.0300. The van der Waals surface area contributed by atoms with E-state index in [9.17, 15) is 9.59 Å². The van der Waals surface area contributed by atoms with Crippen molar-refractivity contribution in [2.24, 2.45) is 0 Å². The molecule has 5 rings (SSSR count). The quantitative estimate of drug-likeness (QED) is 0.301. The number of fused-ring (bicyclic) bond motifs is 1. The van der Waals surface area contributed by atoms with Crippen molar-refractivity contribution in [2.75, 3.05) is 0 Å². The summed E-state index contributed by atoms with van der Waals surface area (Å²) >= 11 is 4.88. The van der Waals surface area contributed by atoms with Gasteiger partial charge in [-0.2, -0.15) is 0 Å². The van der Waals surface area contributed by atoms with E-state index in [1.807, 2.05) is 62.4 Å². The van der Waals surface area contributed by atoms with E-state index in [4.69, 9.17) is 4.98 Å². The number of halogens is 1. The summed E-state index contributed by atoms with van der Waals surface area (Å²) in [5.41, 5.74) is 3.11. The van der Waals surface area contributed by atoms with Gasteiger partial charge in [-0.15, -0.1) is 11.3 Å². The Morgan fingerprint density at radius 1 is 1.11 bits per heavy atom. The second-order valence-electron chi connectivity index (χ2n) is 9.45. The third-order valence-electron chi connectivity index (χ3n) is 6.41. The number of hydrogen-bond acceptors (Lipinski definition) is 5. The van der Waals surface area contributed by atoms with Crippen molar-refractivity contribution >= 4 is 50.1 Å². The zero-order valence-electron chi connectivity index (χ0n) is 20.2. The van der Waals surface area contributed by atoms with Crippen molar-refractivity contribution in [3.8, 4) is 11.5 Å². The third-order valence-corrected chi connectivity index (χ3v) is 8.03. The molecule has 2 N–H and O–H groups in total. The molecular weight excluding hydrogens is 538 g/mol. The zero-order chi connectivity index (χ0) is 25.2. The number of aromatic nitrogens is 3. The molecule has 2 atom stereocenters. The van der Waals surface area contributed by atoms with Crippen molar-refractivity contribution < 1.29 is 9.59 Å². The predicted molar refractivity (Wildman–Crippen MR) is 146 cm³/mol. The fourth-order valence-electron chi connectivity index (χ4n) is 4.85. The summed E-state index contributed by atoms with van der Waals surface area (Å²) in [5.74, 6) is 0.644. The SMILES string of the molecule is CC(C)NC(=O)c1ccc2c(c1)nc(-c1ccccn1)n2[C@@H]1CCC[C@H](NC(=O)c2ccc(Br)s2)C1. The van der Waals surface area contributed by atoms with Crippen molar-refractivity contribution in [1.29, 1.82) is 0 Å². The summed E-state index contributed by atoms with van der Waals surface area (Å²) in [7, 11) is 0. The molecule has 1 aliphatic rings. The molecule has 4 aromatic rings. The smallest absolute Gasteiger partial charge is 0.261 e. The van der Waals surface area contributed by atoms with Gasteiger partial charge < -0.3 is 15.2 Å². The van der Waals surface area contributed by atoms with Gasteiger partial charge in [0, 0.05) is 29.9 Å². The number of carbonyl (C=O) groups is 2. The van der Waals surface area contributed by atoms with E-state index in [0.717, 1.165) is 52.0 Å². The molecule has 7 nitrogen and oxygen atoms in total. The Balaban J connectivity index is 1.48. The molecule has 186 valence electrons. The molecular formula is C27H28BrN5O2S. The lowest BCUT2D eigenvalue weighted by molar-refractivity contribution is 0.0922. The van der Waals surface area contributed by atoms with Gasteiger partial charge in [0.1, 0.15) is 5.69 Å². The second kappa shape index (κ2) is 10.5. The van der Waals surface area contributed by atoms with Crippen LogP contribution in [0.2, 0.25) is 0 Å². The molecule has 9 heteroatoms. The van der Waals surface area contributed by atoms with Crippen LogP contribution in [0.25, 0.3) is 22.6 Å².